The first kappa shape index (κ1) is 16.7. The SMILES string of the molecule is CN1Cc2cc(NC(=O)c3ccc4ccccc4c3)cnc2C(C)(C)C1. The Morgan fingerprint density at radius 1 is 1.12 bits per heavy atom. The predicted molar refractivity (Wildman–Crippen MR) is 105 cm³/mol. The van der Waals surface area contributed by atoms with Gasteiger partial charge in [0.1, 0.15) is 0 Å². The highest BCUT2D eigenvalue weighted by atomic mass is 16.1. The monoisotopic (exact) mass is 345 g/mol. The third kappa shape index (κ3) is 3.08. The molecule has 2 heterocycles. The van der Waals surface area contributed by atoms with Crippen LogP contribution in [0.25, 0.3) is 10.8 Å². The van der Waals surface area contributed by atoms with E-state index in [2.05, 4.69) is 42.2 Å². The smallest absolute Gasteiger partial charge is 0.255 e. The van der Waals surface area contributed by atoms with Crippen molar-refractivity contribution in [2.45, 2.75) is 25.8 Å². The van der Waals surface area contributed by atoms with Crippen molar-refractivity contribution in [1.29, 1.82) is 0 Å². The predicted octanol–water partition coefficient (Wildman–Crippen LogP) is 4.21. The van der Waals surface area contributed by atoms with Gasteiger partial charge in [0.05, 0.1) is 17.6 Å². The molecular weight excluding hydrogens is 322 g/mol. The van der Waals surface area contributed by atoms with E-state index in [1.165, 1.54) is 5.56 Å². The molecule has 0 atom stereocenters. The largest absolute Gasteiger partial charge is 0.321 e. The highest BCUT2D eigenvalue weighted by Crippen LogP contribution is 2.32. The van der Waals surface area contributed by atoms with Gasteiger partial charge in [-0.2, -0.15) is 0 Å². The molecule has 0 spiro atoms. The molecule has 0 fully saturated rings. The van der Waals surface area contributed by atoms with Crippen LogP contribution in [0.3, 0.4) is 0 Å². The van der Waals surface area contributed by atoms with Crippen molar-refractivity contribution in [1.82, 2.24) is 9.88 Å². The van der Waals surface area contributed by atoms with Crippen LogP contribution in [0.1, 0.15) is 35.5 Å². The zero-order valence-electron chi connectivity index (χ0n) is 15.4. The maximum Gasteiger partial charge on any atom is 0.255 e. The standard InChI is InChI=1S/C22H23N3O/c1-22(2)14-25(3)13-18-11-19(12-23-20(18)22)24-21(26)17-9-8-15-6-4-5-7-16(15)10-17/h4-12H,13-14H2,1-3H3,(H,24,26). The number of hydrogen-bond acceptors (Lipinski definition) is 3. The first-order chi connectivity index (χ1) is 12.4. The van der Waals surface area contributed by atoms with Crippen LogP contribution in [-0.2, 0) is 12.0 Å². The number of nitrogens with zero attached hydrogens (tertiary/aromatic N) is 2. The van der Waals surface area contributed by atoms with Gasteiger partial charge in [0.25, 0.3) is 5.91 Å². The molecule has 1 aliphatic rings. The molecule has 2 aromatic carbocycles. The van der Waals surface area contributed by atoms with Crippen LogP contribution in [-0.4, -0.2) is 29.4 Å². The van der Waals surface area contributed by atoms with Crippen LogP contribution in [0.5, 0.6) is 0 Å². The number of pyridine rings is 1. The summed E-state index contributed by atoms with van der Waals surface area (Å²) in [4.78, 5) is 19.6. The number of anilines is 1. The molecule has 0 saturated carbocycles. The second kappa shape index (κ2) is 6.22. The number of likely N-dealkylation sites (N-methyl/N-ethyl adjacent to an activating group) is 1. The maximum atomic E-state index is 12.7. The summed E-state index contributed by atoms with van der Waals surface area (Å²) >= 11 is 0. The fourth-order valence-electron chi connectivity index (χ4n) is 3.94. The molecule has 26 heavy (non-hydrogen) atoms. The Morgan fingerprint density at radius 3 is 2.69 bits per heavy atom. The highest BCUT2D eigenvalue weighted by Gasteiger charge is 2.31. The van der Waals surface area contributed by atoms with Gasteiger partial charge in [-0.1, -0.05) is 44.2 Å². The summed E-state index contributed by atoms with van der Waals surface area (Å²) < 4.78 is 0. The molecule has 132 valence electrons. The van der Waals surface area contributed by atoms with Crippen LogP contribution in [0, 0.1) is 0 Å². The normalized spacial score (nSPS) is 16.3. The Hall–Kier alpha value is -2.72. The lowest BCUT2D eigenvalue weighted by atomic mass is 9.82. The number of amides is 1. The minimum atomic E-state index is -0.110. The van der Waals surface area contributed by atoms with Crippen LogP contribution >= 0.6 is 0 Å². The van der Waals surface area contributed by atoms with E-state index in [0.29, 0.717) is 5.56 Å². The minimum Gasteiger partial charge on any atom is -0.321 e. The summed E-state index contributed by atoms with van der Waals surface area (Å²) in [6.07, 6.45) is 1.77. The van der Waals surface area contributed by atoms with Crippen LogP contribution in [0.15, 0.2) is 54.7 Å². The fourth-order valence-corrected chi connectivity index (χ4v) is 3.94. The fraction of sp³-hybridized carbons (Fsp3) is 0.273. The van der Waals surface area contributed by atoms with E-state index < -0.39 is 0 Å². The van der Waals surface area contributed by atoms with E-state index in [1.54, 1.807) is 6.20 Å². The number of carbonyl (C=O) groups excluding carboxylic acids is 1. The molecule has 0 saturated heterocycles. The quantitative estimate of drug-likeness (QED) is 0.757. The molecule has 4 rings (SSSR count). The van der Waals surface area contributed by atoms with E-state index in [1.807, 2.05) is 42.5 Å². The second-order valence-electron chi connectivity index (χ2n) is 7.80. The molecule has 4 nitrogen and oxygen atoms in total. The molecule has 0 unspecified atom stereocenters. The number of fused-ring (bicyclic) bond motifs is 2. The van der Waals surface area contributed by atoms with Gasteiger partial charge in [0.15, 0.2) is 0 Å². The van der Waals surface area contributed by atoms with Gasteiger partial charge in [-0.05, 0) is 41.6 Å². The van der Waals surface area contributed by atoms with Crippen molar-refractivity contribution in [2.75, 3.05) is 18.9 Å². The van der Waals surface area contributed by atoms with Crippen molar-refractivity contribution in [3.05, 3.63) is 71.5 Å². The van der Waals surface area contributed by atoms with Crippen molar-refractivity contribution >= 4 is 22.4 Å². The van der Waals surface area contributed by atoms with Crippen molar-refractivity contribution < 1.29 is 4.79 Å². The summed E-state index contributed by atoms with van der Waals surface area (Å²) in [5.41, 5.74) is 3.72. The third-order valence-corrected chi connectivity index (χ3v) is 4.98. The Morgan fingerprint density at radius 2 is 1.88 bits per heavy atom. The minimum absolute atomic E-state index is 0.0171. The number of benzene rings is 2. The number of nitrogens with one attached hydrogen (secondary N) is 1. The van der Waals surface area contributed by atoms with Crippen molar-refractivity contribution in [3.63, 3.8) is 0 Å². The van der Waals surface area contributed by atoms with Crippen molar-refractivity contribution in [3.8, 4) is 0 Å². The first-order valence-corrected chi connectivity index (χ1v) is 8.90. The number of carbonyl (C=O) groups is 1. The first-order valence-electron chi connectivity index (χ1n) is 8.90. The Bertz CT molecular complexity index is 994. The number of aromatic nitrogens is 1. The second-order valence-corrected chi connectivity index (χ2v) is 7.80. The van der Waals surface area contributed by atoms with Crippen LogP contribution in [0.4, 0.5) is 5.69 Å². The highest BCUT2D eigenvalue weighted by molar-refractivity contribution is 6.06. The van der Waals surface area contributed by atoms with Gasteiger partial charge in [-0.25, -0.2) is 0 Å². The summed E-state index contributed by atoms with van der Waals surface area (Å²) in [7, 11) is 2.12. The van der Waals surface area contributed by atoms with E-state index in [-0.39, 0.29) is 11.3 Å². The average molecular weight is 345 g/mol. The van der Waals surface area contributed by atoms with Crippen LogP contribution < -0.4 is 5.32 Å². The van der Waals surface area contributed by atoms with Gasteiger partial charge >= 0.3 is 0 Å². The van der Waals surface area contributed by atoms with E-state index in [0.717, 1.165) is 35.2 Å². The zero-order valence-corrected chi connectivity index (χ0v) is 15.4. The molecule has 0 radical (unpaired) electrons. The van der Waals surface area contributed by atoms with Gasteiger partial charge in [-0.3, -0.25) is 9.78 Å². The Labute approximate surface area is 153 Å². The zero-order chi connectivity index (χ0) is 18.3. The molecule has 3 aromatic rings. The van der Waals surface area contributed by atoms with E-state index in [4.69, 9.17) is 0 Å². The van der Waals surface area contributed by atoms with Crippen molar-refractivity contribution in [2.24, 2.45) is 0 Å². The summed E-state index contributed by atoms with van der Waals surface area (Å²) in [5, 5.41) is 5.19. The van der Waals surface area contributed by atoms with E-state index in [9.17, 15) is 4.79 Å². The molecule has 1 aromatic heterocycles. The average Bonchev–Trinajstić information content (AvgIpc) is 2.60. The molecule has 0 aliphatic carbocycles. The Kier molecular flexibility index (Phi) is 4.00. The number of rotatable bonds is 2. The topological polar surface area (TPSA) is 45.2 Å². The van der Waals surface area contributed by atoms with Gasteiger partial charge in [0, 0.05) is 24.1 Å². The molecule has 1 aliphatic heterocycles. The summed E-state index contributed by atoms with van der Waals surface area (Å²) in [6, 6.07) is 15.9. The molecule has 0 bridgehead atoms. The Balaban J connectivity index is 1.60. The summed E-state index contributed by atoms with van der Waals surface area (Å²) in [5.74, 6) is -0.110. The lowest BCUT2D eigenvalue weighted by Crippen LogP contribution is -2.40. The van der Waals surface area contributed by atoms with Gasteiger partial charge in [0.2, 0.25) is 0 Å². The summed E-state index contributed by atoms with van der Waals surface area (Å²) in [6.45, 7) is 6.25. The molecule has 1 amide bonds. The lowest BCUT2D eigenvalue weighted by molar-refractivity contribution is 0.102. The third-order valence-electron chi connectivity index (χ3n) is 4.98. The van der Waals surface area contributed by atoms with Crippen LogP contribution in [0.2, 0.25) is 0 Å². The molecular formula is C22H23N3O. The lowest BCUT2D eigenvalue weighted by Gasteiger charge is -2.37. The molecule has 4 heteroatoms. The van der Waals surface area contributed by atoms with Gasteiger partial charge in [-0.15, -0.1) is 0 Å². The number of hydrogen-bond donors (Lipinski definition) is 1. The van der Waals surface area contributed by atoms with E-state index >= 15 is 0 Å². The molecule has 1 N–H and O–H groups in total. The van der Waals surface area contributed by atoms with Gasteiger partial charge < -0.3 is 10.2 Å². The maximum absolute atomic E-state index is 12.7.